The van der Waals surface area contributed by atoms with Crippen molar-refractivity contribution in [2.75, 3.05) is 19.8 Å². The molecule has 0 amide bonds. The fourth-order valence-electron chi connectivity index (χ4n) is 3.03. The van der Waals surface area contributed by atoms with Crippen molar-refractivity contribution in [3.63, 3.8) is 0 Å². The maximum atomic E-state index is 13.4. The molecular formula is C22H17F3N4O4. The first-order valence-corrected chi connectivity index (χ1v) is 9.83. The topological polar surface area (TPSA) is 110 Å². The van der Waals surface area contributed by atoms with E-state index in [0.717, 1.165) is 6.07 Å². The number of pyridine rings is 1. The van der Waals surface area contributed by atoms with E-state index in [1.54, 1.807) is 23.4 Å². The van der Waals surface area contributed by atoms with E-state index in [1.807, 2.05) is 0 Å². The molecule has 1 aliphatic heterocycles. The van der Waals surface area contributed by atoms with Crippen LogP contribution in [-0.4, -0.2) is 34.8 Å². The summed E-state index contributed by atoms with van der Waals surface area (Å²) in [4.78, 5) is 21.6. The van der Waals surface area contributed by atoms with Gasteiger partial charge in [0.1, 0.15) is 29.7 Å². The summed E-state index contributed by atoms with van der Waals surface area (Å²) >= 11 is 0. The molecule has 0 spiro atoms. The van der Waals surface area contributed by atoms with E-state index in [2.05, 4.69) is 9.97 Å². The van der Waals surface area contributed by atoms with E-state index >= 15 is 0 Å². The smallest absolute Gasteiger partial charge is 0.431 e. The summed E-state index contributed by atoms with van der Waals surface area (Å²) < 4.78 is 56.3. The summed E-state index contributed by atoms with van der Waals surface area (Å²) in [6.07, 6.45) is -1.67. The highest BCUT2D eigenvalue weighted by molar-refractivity contribution is 5.68. The maximum Gasteiger partial charge on any atom is 0.431 e. The summed E-state index contributed by atoms with van der Waals surface area (Å²) in [7, 11) is 0. The highest BCUT2D eigenvalue weighted by Gasteiger charge is 2.35. The summed E-state index contributed by atoms with van der Waals surface area (Å²) in [5.74, 6) is 0.761. The Balaban J connectivity index is 1.43. The quantitative estimate of drug-likeness (QED) is 0.578. The van der Waals surface area contributed by atoms with E-state index < -0.39 is 23.0 Å². The molecule has 1 saturated heterocycles. The average Bonchev–Trinajstić information content (AvgIpc) is 2.77. The molecule has 1 aliphatic rings. The number of aromatic nitrogens is 3. The number of nitrogens with one attached hydrogen (secondary N) is 1. The minimum atomic E-state index is -4.79. The van der Waals surface area contributed by atoms with Crippen molar-refractivity contribution in [1.82, 2.24) is 15.0 Å². The third-order valence-electron chi connectivity index (χ3n) is 4.85. The van der Waals surface area contributed by atoms with Crippen LogP contribution in [0.1, 0.15) is 16.8 Å². The van der Waals surface area contributed by atoms with Crippen LogP contribution in [0.2, 0.25) is 0 Å². The van der Waals surface area contributed by atoms with Crippen molar-refractivity contribution >= 4 is 0 Å². The minimum Gasteiger partial charge on any atom is -0.489 e. The van der Waals surface area contributed by atoms with Crippen LogP contribution in [-0.2, 0) is 17.5 Å². The summed E-state index contributed by atoms with van der Waals surface area (Å²) in [5.41, 5.74) is -2.18. The van der Waals surface area contributed by atoms with Gasteiger partial charge in [-0.25, -0.2) is 9.97 Å². The van der Waals surface area contributed by atoms with Gasteiger partial charge in [0, 0.05) is 29.4 Å². The fourth-order valence-corrected chi connectivity index (χ4v) is 3.03. The molecule has 1 N–H and O–H groups in total. The van der Waals surface area contributed by atoms with Gasteiger partial charge in [0.2, 0.25) is 0 Å². The number of alkyl halides is 3. The Morgan fingerprint density at radius 1 is 1.15 bits per heavy atom. The van der Waals surface area contributed by atoms with Crippen LogP contribution in [0.5, 0.6) is 11.8 Å². The molecule has 0 radical (unpaired) electrons. The van der Waals surface area contributed by atoms with E-state index in [1.165, 1.54) is 24.3 Å². The molecule has 2 aromatic heterocycles. The number of nitrogens with zero attached hydrogens (tertiary/aromatic N) is 3. The van der Waals surface area contributed by atoms with Crippen LogP contribution in [0, 0.1) is 17.2 Å². The number of benzene rings is 1. The van der Waals surface area contributed by atoms with Gasteiger partial charge in [-0.15, -0.1) is 0 Å². The lowest BCUT2D eigenvalue weighted by atomic mass is 10.0. The van der Waals surface area contributed by atoms with Crippen molar-refractivity contribution in [2.45, 2.75) is 12.8 Å². The molecule has 0 aliphatic carbocycles. The second kappa shape index (κ2) is 9.30. The zero-order chi connectivity index (χ0) is 23.4. The molecule has 11 heteroatoms. The molecule has 1 aromatic carbocycles. The van der Waals surface area contributed by atoms with Gasteiger partial charge in [0.25, 0.3) is 5.56 Å². The number of hydrogen-bond acceptors (Lipinski definition) is 7. The molecule has 170 valence electrons. The van der Waals surface area contributed by atoms with Crippen LogP contribution in [0.25, 0.3) is 11.1 Å². The molecule has 0 saturated carbocycles. The Morgan fingerprint density at radius 2 is 1.85 bits per heavy atom. The van der Waals surface area contributed by atoms with E-state index in [4.69, 9.17) is 19.5 Å². The molecule has 3 aromatic rings. The predicted molar refractivity (Wildman–Crippen MR) is 108 cm³/mol. The van der Waals surface area contributed by atoms with Gasteiger partial charge in [-0.1, -0.05) is 12.1 Å². The van der Waals surface area contributed by atoms with E-state index in [-0.39, 0.29) is 23.7 Å². The average molecular weight is 458 g/mol. The van der Waals surface area contributed by atoms with Gasteiger partial charge in [0.15, 0.2) is 0 Å². The van der Waals surface area contributed by atoms with Crippen molar-refractivity contribution < 1.29 is 27.4 Å². The highest BCUT2D eigenvalue weighted by atomic mass is 19.4. The molecular weight excluding hydrogens is 441 g/mol. The predicted octanol–water partition coefficient (Wildman–Crippen LogP) is 3.33. The SMILES string of the molecule is N#Cc1cc(-c2ccc(OCc3cnc(OCC4COC4)nc3)cc2)c(C(F)(F)F)[nH]c1=O. The molecule has 4 rings (SSSR count). The Labute approximate surface area is 185 Å². The molecule has 0 unspecified atom stereocenters. The van der Waals surface area contributed by atoms with Crippen LogP contribution in [0.4, 0.5) is 13.2 Å². The minimum absolute atomic E-state index is 0.140. The number of hydrogen-bond donors (Lipinski definition) is 1. The number of ether oxygens (including phenoxy) is 3. The number of H-pyrrole nitrogens is 1. The van der Waals surface area contributed by atoms with Gasteiger partial charge in [-0.3, -0.25) is 4.79 Å². The van der Waals surface area contributed by atoms with Gasteiger partial charge in [0.05, 0.1) is 19.8 Å². The Morgan fingerprint density at radius 3 is 2.42 bits per heavy atom. The largest absolute Gasteiger partial charge is 0.489 e. The van der Waals surface area contributed by atoms with Gasteiger partial charge in [-0.05, 0) is 23.8 Å². The van der Waals surface area contributed by atoms with E-state index in [0.29, 0.717) is 37.1 Å². The second-order valence-electron chi connectivity index (χ2n) is 7.31. The lowest BCUT2D eigenvalue weighted by molar-refractivity contribution is -0.140. The number of halogens is 3. The molecule has 1 fully saturated rings. The van der Waals surface area contributed by atoms with Crippen molar-refractivity contribution in [3.05, 3.63) is 69.9 Å². The standard InChI is InChI=1S/C22H17F3N4O4/c23-22(24,25)19-18(5-16(6-26)20(30)29-19)15-1-3-17(4-2-15)32-11-13-7-27-21(28-8-13)33-12-14-9-31-10-14/h1-5,7-8,14H,9-12H2,(H,29,30). The van der Waals surface area contributed by atoms with Gasteiger partial charge < -0.3 is 19.2 Å². The van der Waals surface area contributed by atoms with Crippen LogP contribution in [0.15, 0.2) is 47.5 Å². The van der Waals surface area contributed by atoms with E-state index in [9.17, 15) is 18.0 Å². The maximum absolute atomic E-state index is 13.4. The fraction of sp³-hybridized carbons (Fsp3) is 0.273. The first-order valence-electron chi connectivity index (χ1n) is 9.83. The first-order chi connectivity index (χ1) is 15.8. The molecule has 8 nitrogen and oxygen atoms in total. The summed E-state index contributed by atoms with van der Waals surface area (Å²) in [6.45, 7) is 1.97. The first kappa shape index (κ1) is 22.3. The van der Waals surface area contributed by atoms with Crippen LogP contribution >= 0.6 is 0 Å². The zero-order valence-corrected chi connectivity index (χ0v) is 17.1. The number of rotatable bonds is 7. The monoisotopic (exact) mass is 458 g/mol. The van der Waals surface area contributed by atoms with Crippen molar-refractivity contribution in [1.29, 1.82) is 5.26 Å². The third kappa shape index (κ3) is 5.30. The van der Waals surface area contributed by atoms with Crippen molar-refractivity contribution in [2.24, 2.45) is 5.92 Å². The molecule has 0 atom stereocenters. The summed E-state index contributed by atoms with van der Waals surface area (Å²) in [6, 6.07) is 8.59. The Kier molecular flexibility index (Phi) is 6.28. The Bertz CT molecular complexity index is 1210. The third-order valence-corrected chi connectivity index (χ3v) is 4.85. The summed E-state index contributed by atoms with van der Waals surface area (Å²) in [5, 5.41) is 9.00. The van der Waals surface area contributed by atoms with Gasteiger partial charge >= 0.3 is 12.2 Å². The normalized spacial score (nSPS) is 13.8. The van der Waals surface area contributed by atoms with Crippen LogP contribution < -0.4 is 15.0 Å². The zero-order valence-electron chi connectivity index (χ0n) is 17.1. The molecule has 0 bridgehead atoms. The number of aromatic amines is 1. The molecule has 3 heterocycles. The Hall–Kier alpha value is -3.91. The van der Waals surface area contributed by atoms with Gasteiger partial charge in [-0.2, -0.15) is 18.4 Å². The highest BCUT2D eigenvalue weighted by Crippen LogP contribution is 2.35. The second-order valence-corrected chi connectivity index (χ2v) is 7.31. The van der Waals surface area contributed by atoms with Crippen molar-refractivity contribution in [3.8, 4) is 29.0 Å². The number of nitriles is 1. The molecule has 33 heavy (non-hydrogen) atoms. The van der Waals surface area contributed by atoms with Crippen LogP contribution in [0.3, 0.4) is 0 Å². The lowest BCUT2D eigenvalue weighted by Gasteiger charge is -2.25. The lowest BCUT2D eigenvalue weighted by Crippen LogP contribution is -2.32.